The Morgan fingerprint density at radius 3 is 2.82 bits per heavy atom. The lowest BCUT2D eigenvalue weighted by molar-refractivity contribution is 0.0768. The number of anilines is 1. The zero-order valence-electron chi connectivity index (χ0n) is 10.5. The molecule has 17 heavy (non-hydrogen) atoms. The molecule has 1 rings (SSSR count). The average Bonchev–Trinajstić information content (AvgIpc) is 2.69. The van der Waals surface area contributed by atoms with Crippen molar-refractivity contribution in [2.45, 2.75) is 26.8 Å². The summed E-state index contributed by atoms with van der Waals surface area (Å²) in [6.45, 7) is 9.53. The van der Waals surface area contributed by atoms with Crippen LogP contribution in [0.4, 0.5) is 5.69 Å². The van der Waals surface area contributed by atoms with E-state index in [0.29, 0.717) is 31.0 Å². The average molecular weight is 236 g/mol. The molecule has 1 aromatic rings. The number of aromatic nitrogens is 2. The molecule has 1 heterocycles. The predicted molar refractivity (Wildman–Crippen MR) is 68.7 cm³/mol. The van der Waals surface area contributed by atoms with Gasteiger partial charge in [-0.05, 0) is 13.3 Å². The van der Waals surface area contributed by atoms with Crippen molar-refractivity contribution >= 4 is 11.6 Å². The Hall–Kier alpha value is -1.78. The lowest BCUT2D eigenvalue weighted by atomic mass is 10.3. The minimum absolute atomic E-state index is 0.128. The predicted octanol–water partition coefficient (Wildman–Crippen LogP) is 1.52. The molecule has 0 bridgehead atoms. The number of hydrogen-bond donors (Lipinski definition) is 1. The molecule has 0 radical (unpaired) electrons. The summed E-state index contributed by atoms with van der Waals surface area (Å²) in [7, 11) is 0. The molecule has 1 amide bonds. The molecule has 1 aromatic heterocycles. The van der Waals surface area contributed by atoms with E-state index in [0.717, 1.165) is 6.42 Å². The SMILES string of the molecule is C=CCN(CCC)C(=O)c1nn(CC)cc1N. The zero-order valence-corrected chi connectivity index (χ0v) is 10.5. The number of hydrogen-bond acceptors (Lipinski definition) is 3. The first kappa shape index (κ1) is 13.3. The normalized spacial score (nSPS) is 10.2. The van der Waals surface area contributed by atoms with E-state index in [-0.39, 0.29) is 5.91 Å². The monoisotopic (exact) mass is 236 g/mol. The molecule has 94 valence electrons. The number of aryl methyl sites for hydroxylation is 1. The minimum Gasteiger partial charge on any atom is -0.396 e. The van der Waals surface area contributed by atoms with Gasteiger partial charge in [0.2, 0.25) is 0 Å². The highest BCUT2D eigenvalue weighted by molar-refractivity contribution is 5.97. The van der Waals surface area contributed by atoms with E-state index < -0.39 is 0 Å². The van der Waals surface area contributed by atoms with Crippen molar-refractivity contribution in [1.82, 2.24) is 14.7 Å². The van der Waals surface area contributed by atoms with Gasteiger partial charge in [-0.15, -0.1) is 6.58 Å². The third-order valence-electron chi connectivity index (χ3n) is 2.45. The summed E-state index contributed by atoms with van der Waals surface area (Å²) in [6, 6.07) is 0. The van der Waals surface area contributed by atoms with Gasteiger partial charge in [0.1, 0.15) is 0 Å². The Bertz CT molecular complexity index is 397. The molecular formula is C12H20N4O. The first-order valence-electron chi connectivity index (χ1n) is 5.87. The third kappa shape index (κ3) is 3.09. The van der Waals surface area contributed by atoms with Crippen LogP contribution in [0.3, 0.4) is 0 Å². The van der Waals surface area contributed by atoms with Gasteiger partial charge in [0.15, 0.2) is 5.69 Å². The molecule has 0 spiro atoms. The van der Waals surface area contributed by atoms with E-state index in [1.807, 2.05) is 13.8 Å². The molecule has 5 heteroatoms. The van der Waals surface area contributed by atoms with Crippen LogP contribution < -0.4 is 5.73 Å². The van der Waals surface area contributed by atoms with Gasteiger partial charge in [-0.25, -0.2) is 0 Å². The maximum Gasteiger partial charge on any atom is 0.276 e. The van der Waals surface area contributed by atoms with Crippen LogP contribution >= 0.6 is 0 Å². The van der Waals surface area contributed by atoms with E-state index in [9.17, 15) is 4.79 Å². The van der Waals surface area contributed by atoms with Crippen molar-refractivity contribution in [1.29, 1.82) is 0 Å². The second-order valence-corrected chi connectivity index (χ2v) is 3.83. The summed E-state index contributed by atoms with van der Waals surface area (Å²) in [6.07, 6.45) is 4.29. The van der Waals surface area contributed by atoms with Crippen LogP contribution in [0, 0.1) is 0 Å². The molecule has 0 aliphatic rings. The number of nitrogens with zero attached hydrogens (tertiary/aromatic N) is 3. The van der Waals surface area contributed by atoms with E-state index >= 15 is 0 Å². The summed E-state index contributed by atoms with van der Waals surface area (Å²) in [5.74, 6) is -0.128. The largest absolute Gasteiger partial charge is 0.396 e. The highest BCUT2D eigenvalue weighted by Crippen LogP contribution is 2.12. The van der Waals surface area contributed by atoms with Crippen LogP contribution in [0.25, 0.3) is 0 Å². The fourth-order valence-corrected chi connectivity index (χ4v) is 1.62. The molecule has 0 aliphatic heterocycles. The van der Waals surface area contributed by atoms with Crippen LogP contribution in [0.1, 0.15) is 30.8 Å². The molecule has 5 nitrogen and oxygen atoms in total. The van der Waals surface area contributed by atoms with Crippen molar-refractivity contribution in [3.05, 3.63) is 24.5 Å². The zero-order chi connectivity index (χ0) is 12.8. The summed E-state index contributed by atoms with van der Waals surface area (Å²) in [5, 5.41) is 4.18. The highest BCUT2D eigenvalue weighted by Gasteiger charge is 2.19. The van der Waals surface area contributed by atoms with Crippen LogP contribution in [0.5, 0.6) is 0 Å². The summed E-state index contributed by atoms with van der Waals surface area (Å²) in [4.78, 5) is 13.9. The summed E-state index contributed by atoms with van der Waals surface area (Å²) < 4.78 is 1.67. The van der Waals surface area contributed by atoms with Crippen molar-refractivity contribution < 1.29 is 4.79 Å². The molecule has 0 aliphatic carbocycles. The molecule has 0 fully saturated rings. The van der Waals surface area contributed by atoms with Gasteiger partial charge in [-0.1, -0.05) is 13.0 Å². The quantitative estimate of drug-likeness (QED) is 0.762. The van der Waals surface area contributed by atoms with Gasteiger partial charge in [-0.2, -0.15) is 5.10 Å². The number of nitrogen functional groups attached to an aromatic ring is 1. The maximum atomic E-state index is 12.2. The summed E-state index contributed by atoms with van der Waals surface area (Å²) in [5.41, 5.74) is 6.56. The number of nitrogens with two attached hydrogens (primary N) is 1. The van der Waals surface area contributed by atoms with E-state index in [1.54, 1.807) is 21.9 Å². The van der Waals surface area contributed by atoms with Gasteiger partial charge in [0, 0.05) is 25.8 Å². The van der Waals surface area contributed by atoms with Gasteiger partial charge in [0.05, 0.1) is 5.69 Å². The third-order valence-corrected chi connectivity index (χ3v) is 2.45. The first-order valence-corrected chi connectivity index (χ1v) is 5.87. The standard InChI is InChI=1S/C12H20N4O/c1-4-7-15(8-5-2)12(17)11-10(13)9-16(6-3)14-11/h4,9H,1,5-8,13H2,2-3H3. The molecular weight excluding hydrogens is 216 g/mol. The van der Waals surface area contributed by atoms with Crippen LogP contribution in [0.15, 0.2) is 18.9 Å². The van der Waals surface area contributed by atoms with Crippen molar-refractivity contribution in [2.24, 2.45) is 0 Å². The Morgan fingerprint density at radius 1 is 1.65 bits per heavy atom. The van der Waals surface area contributed by atoms with Crippen molar-refractivity contribution in [2.75, 3.05) is 18.8 Å². The number of amides is 1. The minimum atomic E-state index is -0.128. The Balaban J connectivity index is 2.91. The molecule has 0 atom stereocenters. The van der Waals surface area contributed by atoms with Crippen LogP contribution in [-0.4, -0.2) is 33.7 Å². The fourth-order valence-electron chi connectivity index (χ4n) is 1.62. The van der Waals surface area contributed by atoms with Gasteiger partial charge < -0.3 is 10.6 Å². The Kier molecular flexibility index (Phi) is 4.75. The van der Waals surface area contributed by atoms with Crippen molar-refractivity contribution in [3.8, 4) is 0 Å². The summed E-state index contributed by atoms with van der Waals surface area (Å²) >= 11 is 0. The lowest BCUT2D eigenvalue weighted by Crippen LogP contribution is -2.32. The second kappa shape index (κ2) is 6.08. The number of carbonyl (C=O) groups is 1. The molecule has 2 N–H and O–H groups in total. The highest BCUT2D eigenvalue weighted by atomic mass is 16.2. The topological polar surface area (TPSA) is 64.2 Å². The Morgan fingerprint density at radius 2 is 2.35 bits per heavy atom. The maximum absolute atomic E-state index is 12.2. The lowest BCUT2D eigenvalue weighted by Gasteiger charge is -2.19. The van der Waals surface area contributed by atoms with Crippen molar-refractivity contribution in [3.63, 3.8) is 0 Å². The molecule has 0 unspecified atom stereocenters. The van der Waals surface area contributed by atoms with E-state index in [1.165, 1.54) is 0 Å². The van der Waals surface area contributed by atoms with Gasteiger partial charge in [0.25, 0.3) is 5.91 Å². The van der Waals surface area contributed by atoms with Crippen LogP contribution in [-0.2, 0) is 6.54 Å². The smallest absolute Gasteiger partial charge is 0.276 e. The molecule has 0 saturated carbocycles. The molecule has 0 aromatic carbocycles. The second-order valence-electron chi connectivity index (χ2n) is 3.83. The van der Waals surface area contributed by atoms with E-state index in [4.69, 9.17) is 5.73 Å². The number of carbonyl (C=O) groups excluding carboxylic acids is 1. The van der Waals surface area contributed by atoms with Crippen LogP contribution in [0.2, 0.25) is 0 Å². The first-order chi connectivity index (χ1) is 8.13. The Labute approximate surface area is 102 Å². The van der Waals surface area contributed by atoms with Gasteiger partial charge in [-0.3, -0.25) is 9.48 Å². The fraction of sp³-hybridized carbons (Fsp3) is 0.500. The van der Waals surface area contributed by atoms with Gasteiger partial charge >= 0.3 is 0 Å². The number of rotatable bonds is 6. The van der Waals surface area contributed by atoms with E-state index in [2.05, 4.69) is 11.7 Å². The molecule has 0 saturated heterocycles.